The Balaban J connectivity index is 0.000000165. The quantitative estimate of drug-likeness (QED) is 0.224. The highest BCUT2D eigenvalue weighted by atomic mass is 16.2. The van der Waals surface area contributed by atoms with E-state index in [1.54, 1.807) is 6.20 Å². The highest BCUT2D eigenvalue weighted by Gasteiger charge is 2.55. The summed E-state index contributed by atoms with van der Waals surface area (Å²) in [6.07, 6.45) is 20.2. The summed E-state index contributed by atoms with van der Waals surface area (Å²) in [4.78, 5) is 41.8. The lowest BCUT2D eigenvalue weighted by atomic mass is 9.68. The van der Waals surface area contributed by atoms with Crippen LogP contribution >= 0.6 is 0 Å². The molecular weight excluding hydrogens is 707 g/mol. The van der Waals surface area contributed by atoms with E-state index in [0.29, 0.717) is 12.5 Å². The summed E-state index contributed by atoms with van der Waals surface area (Å²) in [6.45, 7) is 4.23. The van der Waals surface area contributed by atoms with Crippen LogP contribution in [0.5, 0.6) is 0 Å². The number of aromatic nitrogens is 1. The van der Waals surface area contributed by atoms with Gasteiger partial charge in [-0.1, -0.05) is 79.6 Å². The minimum Gasteiger partial charge on any atom is -0.336 e. The minimum atomic E-state index is -0.0385. The summed E-state index contributed by atoms with van der Waals surface area (Å²) in [7, 11) is 8.83. The number of carbonyl (C=O) groups is 2. The second-order valence-electron chi connectivity index (χ2n) is 19.0. The molecule has 0 radical (unpaired) electrons. The van der Waals surface area contributed by atoms with Gasteiger partial charge in [-0.15, -0.1) is 0 Å². The van der Waals surface area contributed by atoms with Gasteiger partial charge >= 0.3 is 12.1 Å². The lowest BCUT2D eigenvalue weighted by Crippen LogP contribution is -2.56. The molecule has 2 spiro atoms. The van der Waals surface area contributed by atoms with Crippen molar-refractivity contribution in [3.8, 4) is 0 Å². The Labute approximate surface area is 342 Å². The minimum absolute atomic E-state index is 0.0385. The third kappa shape index (κ3) is 7.59. The van der Waals surface area contributed by atoms with E-state index in [-0.39, 0.29) is 34.2 Å². The SMILES string of the molecule is CN(C)C1(c2ccccc2)CCC2(CC1)CN(Cc1cccnc1)C(=O)N2CC1CCC1.CN(C)C1(c2ccccc2)CCC2(CC1)CNC(=O)N2CC1CCC1. The lowest BCUT2D eigenvalue weighted by molar-refractivity contribution is 0.0159. The Morgan fingerprint density at radius 2 is 1.16 bits per heavy atom. The number of amides is 4. The first-order chi connectivity index (χ1) is 27.6. The van der Waals surface area contributed by atoms with Gasteiger partial charge in [0.1, 0.15) is 0 Å². The zero-order chi connectivity index (χ0) is 39.7. The second-order valence-corrected chi connectivity index (χ2v) is 19.0. The molecule has 3 heterocycles. The van der Waals surface area contributed by atoms with Crippen LogP contribution in [0.4, 0.5) is 9.59 Å². The Morgan fingerprint density at radius 1 is 0.649 bits per heavy atom. The molecular formula is C48H67N7O2. The Kier molecular flexibility index (Phi) is 11.4. The van der Waals surface area contributed by atoms with Crippen molar-refractivity contribution in [2.75, 3.05) is 54.4 Å². The van der Waals surface area contributed by atoms with Crippen LogP contribution in [0, 0.1) is 11.8 Å². The molecule has 1 aromatic heterocycles. The van der Waals surface area contributed by atoms with Crippen LogP contribution in [-0.4, -0.2) is 107 Å². The highest BCUT2D eigenvalue weighted by molar-refractivity contribution is 5.79. The molecule has 9 rings (SSSR count). The number of nitrogens with one attached hydrogen (secondary N) is 1. The molecule has 9 heteroatoms. The second kappa shape index (κ2) is 16.4. The first-order valence-corrected chi connectivity index (χ1v) is 22.1. The van der Waals surface area contributed by atoms with Crippen molar-refractivity contribution >= 4 is 12.1 Å². The average molecular weight is 774 g/mol. The van der Waals surface area contributed by atoms with Crippen LogP contribution in [-0.2, 0) is 17.6 Å². The fraction of sp³-hybridized carbons (Fsp3) is 0.604. The van der Waals surface area contributed by atoms with Gasteiger partial charge in [0.05, 0.1) is 11.1 Å². The molecule has 4 amide bonds. The molecule has 9 nitrogen and oxygen atoms in total. The van der Waals surface area contributed by atoms with Crippen LogP contribution < -0.4 is 5.32 Å². The number of urea groups is 2. The Morgan fingerprint density at radius 3 is 1.61 bits per heavy atom. The third-order valence-corrected chi connectivity index (χ3v) is 15.7. The topological polar surface area (TPSA) is 75.3 Å². The van der Waals surface area contributed by atoms with Crippen molar-refractivity contribution in [1.29, 1.82) is 0 Å². The zero-order valence-corrected chi connectivity index (χ0v) is 35.2. The van der Waals surface area contributed by atoms with E-state index < -0.39 is 0 Å². The largest absolute Gasteiger partial charge is 0.336 e. The van der Waals surface area contributed by atoms with Gasteiger partial charge in [-0.25, -0.2) is 9.59 Å². The zero-order valence-electron chi connectivity index (χ0n) is 35.2. The van der Waals surface area contributed by atoms with Gasteiger partial charge in [0.2, 0.25) is 0 Å². The molecule has 57 heavy (non-hydrogen) atoms. The number of carbonyl (C=O) groups excluding carboxylic acids is 2. The molecule has 2 aliphatic heterocycles. The van der Waals surface area contributed by atoms with Gasteiger partial charge in [-0.05, 0) is 140 Å². The van der Waals surface area contributed by atoms with Gasteiger partial charge < -0.3 is 20.0 Å². The lowest BCUT2D eigenvalue weighted by Gasteiger charge is -2.51. The van der Waals surface area contributed by atoms with Crippen molar-refractivity contribution in [1.82, 2.24) is 34.8 Å². The molecule has 4 saturated carbocycles. The van der Waals surface area contributed by atoms with E-state index in [0.717, 1.165) is 89.0 Å². The molecule has 0 bridgehead atoms. The normalized spacial score (nSPS) is 30.5. The molecule has 4 aliphatic carbocycles. The van der Waals surface area contributed by atoms with E-state index in [2.05, 4.69) is 130 Å². The predicted octanol–water partition coefficient (Wildman–Crippen LogP) is 8.47. The standard InChI is InChI=1S/C27H36N4O.C21H31N3O/c1-29(2)27(24-11-4-3-5-12-24)15-13-26(14-16-27)21-30(19-23-10-7-17-28-18-23)25(32)31(26)20-22-8-6-9-22;1-23(2)21(18-9-4-3-5-10-18)13-11-20(12-14-21)16-22-19(25)24(20)15-17-7-6-8-17/h3-5,7,10-12,17-18,22H,6,8-9,13-16,19-21H2,1-2H3;3-5,9-10,17H,6-8,11-16H2,1-2H3,(H,22,25). The monoisotopic (exact) mass is 774 g/mol. The average Bonchev–Trinajstić information content (AvgIpc) is 3.63. The number of rotatable bonds is 10. The maximum atomic E-state index is 13.6. The number of benzene rings is 2. The number of hydrogen-bond acceptors (Lipinski definition) is 5. The first-order valence-electron chi connectivity index (χ1n) is 22.1. The first kappa shape index (κ1) is 39.9. The van der Waals surface area contributed by atoms with Gasteiger partial charge in [-0.3, -0.25) is 14.8 Å². The van der Waals surface area contributed by atoms with Crippen molar-refractivity contribution in [2.45, 2.75) is 119 Å². The molecule has 0 atom stereocenters. The summed E-state index contributed by atoms with van der Waals surface area (Å²) in [5, 5.41) is 3.15. The number of nitrogens with zero attached hydrogens (tertiary/aromatic N) is 6. The van der Waals surface area contributed by atoms with Crippen molar-refractivity contribution in [3.05, 3.63) is 102 Å². The summed E-state index contributed by atoms with van der Waals surface area (Å²) < 4.78 is 0. The molecule has 6 aliphatic rings. The number of hydrogen-bond donors (Lipinski definition) is 1. The molecule has 0 unspecified atom stereocenters. The Hall–Kier alpha value is -3.95. The summed E-state index contributed by atoms with van der Waals surface area (Å²) in [6, 6.07) is 26.3. The van der Waals surface area contributed by atoms with Crippen LogP contribution in [0.1, 0.15) is 107 Å². The highest BCUT2D eigenvalue weighted by Crippen LogP contribution is 2.51. The smallest absolute Gasteiger partial charge is 0.320 e. The Bertz CT molecular complexity index is 1790. The van der Waals surface area contributed by atoms with Crippen LogP contribution in [0.3, 0.4) is 0 Å². The van der Waals surface area contributed by atoms with Crippen LogP contribution in [0.2, 0.25) is 0 Å². The van der Waals surface area contributed by atoms with Gasteiger partial charge in [0.25, 0.3) is 0 Å². The molecule has 2 aromatic carbocycles. The number of pyridine rings is 1. The molecule has 1 N–H and O–H groups in total. The van der Waals surface area contributed by atoms with Crippen molar-refractivity contribution in [2.24, 2.45) is 11.8 Å². The predicted molar refractivity (Wildman–Crippen MR) is 228 cm³/mol. The van der Waals surface area contributed by atoms with E-state index in [9.17, 15) is 9.59 Å². The third-order valence-electron chi connectivity index (χ3n) is 15.7. The van der Waals surface area contributed by atoms with Crippen LogP contribution in [0.25, 0.3) is 0 Å². The van der Waals surface area contributed by atoms with Crippen molar-refractivity contribution < 1.29 is 9.59 Å². The van der Waals surface area contributed by atoms with Gasteiger partial charge in [-0.2, -0.15) is 0 Å². The maximum absolute atomic E-state index is 13.6. The molecule has 6 fully saturated rings. The van der Waals surface area contributed by atoms with E-state index >= 15 is 0 Å². The van der Waals surface area contributed by atoms with Crippen molar-refractivity contribution in [3.63, 3.8) is 0 Å². The van der Waals surface area contributed by atoms with E-state index in [1.807, 2.05) is 12.3 Å². The molecule has 2 saturated heterocycles. The van der Waals surface area contributed by atoms with E-state index in [1.165, 1.54) is 49.7 Å². The van der Waals surface area contributed by atoms with Gasteiger partial charge in [0, 0.05) is 56.2 Å². The van der Waals surface area contributed by atoms with Crippen LogP contribution in [0.15, 0.2) is 85.2 Å². The molecule has 306 valence electrons. The van der Waals surface area contributed by atoms with Gasteiger partial charge in [0.15, 0.2) is 0 Å². The fourth-order valence-corrected chi connectivity index (χ4v) is 11.4. The maximum Gasteiger partial charge on any atom is 0.320 e. The fourth-order valence-electron chi connectivity index (χ4n) is 11.4. The van der Waals surface area contributed by atoms with E-state index in [4.69, 9.17) is 0 Å². The summed E-state index contributed by atoms with van der Waals surface area (Å²) >= 11 is 0. The summed E-state index contributed by atoms with van der Waals surface area (Å²) in [5.74, 6) is 1.42. The molecule has 3 aromatic rings. The summed E-state index contributed by atoms with van der Waals surface area (Å²) in [5.41, 5.74) is 4.09.